The molecule has 0 bridgehead atoms. The third kappa shape index (κ3) is 2.99. The summed E-state index contributed by atoms with van der Waals surface area (Å²) in [5, 5.41) is 7.02. The van der Waals surface area contributed by atoms with Crippen molar-refractivity contribution < 1.29 is 14.3 Å². The molecular weight excluding hydrogens is 354 g/mol. The Morgan fingerprint density at radius 2 is 2.08 bits per heavy atom. The number of rotatable bonds is 3. The molecule has 1 atom stereocenters. The summed E-state index contributed by atoms with van der Waals surface area (Å²) in [6.07, 6.45) is 0.349. The van der Waals surface area contributed by atoms with Gasteiger partial charge in [0.25, 0.3) is 11.8 Å². The second-order valence-corrected chi connectivity index (χ2v) is 6.50. The molecule has 2 amide bonds. The zero-order valence-electron chi connectivity index (χ0n) is 13.9. The number of carbonyl (C=O) groups excluding carboxylic acids is 2. The number of anilines is 1. The smallest absolute Gasteiger partial charge is 0.272 e. The van der Waals surface area contributed by atoms with Gasteiger partial charge in [-0.2, -0.15) is 0 Å². The van der Waals surface area contributed by atoms with Crippen molar-refractivity contribution in [1.29, 1.82) is 0 Å². The lowest BCUT2D eigenvalue weighted by molar-refractivity contribution is 0.0749. The van der Waals surface area contributed by atoms with E-state index in [1.165, 1.54) is 0 Å². The maximum Gasteiger partial charge on any atom is 0.272 e. The van der Waals surface area contributed by atoms with Gasteiger partial charge in [-0.3, -0.25) is 9.59 Å². The number of aromatic amines is 1. The monoisotopic (exact) mass is 369 g/mol. The molecule has 1 aromatic heterocycles. The highest BCUT2D eigenvalue weighted by molar-refractivity contribution is 6.31. The molecule has 3 N–H and O–H groups in total. The van der Waals surface area contributed by atoms with E-state index in [0.717, 1.165) is 10.9 Å². The molecule has 0 saturated heterocycles. The fourth-order valence-electron chi connectivity index (χ4n) is 2.90. The van der Waals surface area contributed by atoms with Gasteiger partial charge in [0.2, 0.25) is 0 Å². The molecule has 4 rings (SSSR count). The van der Waals surface area contributed by atoms with E-state index in [2.05, 4.69) is 15.6 Å². The van der Waals surface area contributed by atoms with Crippen molar-refractivity contribution in [3.63, 3.8) is 0 Å². The van der Waals surface area contributed by atoms with E-state index < -0.39 is 0 Å². The van der Waals surface area contributed by atoms with Gasteiger partial charge in [-0.15, -0.1) is 0 Å². The average molecular weight is 370 g/mol. The molecule has 7 heteroatoms. The second-order valence-electron chi connectivity index (χ2n) is 6.07. The number of hydrogen-bond donors (Lipinski definition) is 3. The van der Waals surface area contributed by atoms with Gasteiger partial charge in [0.15, 0.2) is 6.23 Å². The predicted molar refractivity (Wildman–Crippen MR) is 99.9 cm³/mol. The van der Waals surface area contributed by atoms with E-state index in [0.29, 0.717) is 34.1 Å². The van der Waals surface area contributed by atoms with Crippen LogP contribution in [0.5, 0.6) is 5.75 Å². The molecule has 6 nitrogen and oxygen atoms in total. The number of aromatic nitrogens is 1. The normalized spacial score (nSPS) is 15.9. The van der Waals surface area contributed by atoms with Crippen LogP contribution < -0.4 is 15.4 Å². The van der Waals surface area contributed by atoms with E-state index in [1.54, 1.807) is 36.4 Å². The molecule has 0 radical (unpaired) electrons. The number of carbonyl (C=O) groups is 2. The SMILES string of the molecule is CCC1NC(=O)c2cc(NC(=O)c3cc4cc(Cl)ccc4[nH]3)ccc2O1. The topological polar surface area (TPSA) is 83.2 Å². The third-order valence-corrected chi connectivity index (χ3v) is 4.48. The molecule has 1 aliphatic rings. The van der Waals surface area contributed by atoms with Crippen LogP contribution in [-0.4, -0.2) is 23.0 Å². The highest BCUT2D eigenvalue weighted by atomic mass is 35.5. The van der Waals surface area contributed by atoms with Gasteiger partial charge in [0.1, 0.15) is 11.4 Å². The zero-order chi connectivity index (χ0) is 18.3. The summed E-state index contributed by atoms with van der Waals surface area (Å²) in [4.78, 5) is 27.8. The molecule has 2 heterocycles. The number of halogens is 1. The molecule has 1 aliphatic heterocycles. The Hall–Kier alpha value is -2.99. The van der Waals surface area contributed by atoms with Crippen molar-refractivity contribution in [1.82, 2.24) is 10.3 Å². The number of amides is 2. The molecule has 0 aliphatic carbocycles. The molecule has 0 saturated carbocycles. The first-order valence-corrected chi connectivity index (χ1v) is 8.62. The summed E-state index contributed by atoms with van der Waals surface area (Å²) in [7, 11) is 0. The highest BCUT2D eigenvalue weighted by Gasteiger charge is 2.24. The van der Waals surface area contributed by atoms with Crippen molar-refractivity contribution in [3.05, 3.63) is 58.7 Å². The van der Waals surface area contributed by atoms with Crippen LogP contribution in [0.2, 0.25) is 5.02 Å². The Labute approximate surface area is 154 Å². The average Bonchev–Trinajstić information content (AvgIpc) is 3.05. The van der Waals surface area contributed by atoms with Gasteiger partial charge in [0.05, 0.1) is 5.56 Å². The molecule has 0 spiro atoms. The molecule has 26 heavy (non-hydrogen) atoms. The second kappa shape index (κ2) is 6.38. The van der Waals surface area contributed by atoms with Crippen LogP contribution in [0.25, 0.3) is 10.9 Å². The van der Waals surface area contributed by atoms with Crippen molar-refractivity contribution in [3.8, 4) is 5.75 Å². The van der Waals surface area contributed by atoms with E-state index in [-0.39, 0.29) is 18.0 Å². The van der Waals surface area contributed by atoms with Gasteiger partial charge in [-0.1, -0.05) is 18.5 Å². The van der Waals surface area contributed by atoms with Crippen molar-refractivity contribution in [2.75, 3.05) is 5.32 Å². The lowest BCUT2D eigenvalue weighted by Crippen LogP contribution is -2.42. The number of benzene rings is 2. The maximum absolute atomic E-state index is 12.5. The molecule has 132 valence electrons. The first-order valence-electron chi connectivity index (χ1n) is 8.24. The fraction of sp³-hybridized carbons (Fsp3) is 0.158. The third-order valence-electron chi connectivity index (χ3n) is 4.24. The van der Waals surface area contributed by atoms with Crippen LogP contribution in [0.1, 0.15) is 34.2 Å². The molecule has 2 aromatic carbocycles. The Bertz CT molecular complexity index is 1030. The number of ether oxygens (including phenoxy) is 1. The molecule has 3 aromatic rings. The Balaban J connectivity index is 1.58. The van der Waals surface area contributed by atoms with Crippen LogP contribution in [-0.2, 0) is 0 Å². The van der Waals surface area contributed by atoms with Crippen LogP contribution in [0, 0.1) is 0 Å². The minimum absolute atomic E-state index is 0.213. The highest BCUT2D eigenvalue weighted by Crippen LogP contribution is 2.28. The summed E-state index contributed by atoms with van der Waals surface area (Å²) < 4.78 is 5.68. The summed E-state index contributed by atoms with van der Waals surface area (Å²) in [6.45, 7) is 1.93. The van der Waals surface area contributed by atoms with Crippen molar-refractivity contribution in [2.24, 2.45) is 0 Å². The first kappa shape index (κ1) is 16.5. The lowest BCUT2D eigenvalue weighted by Gasteiger charge is -2.26. The van der Waals surface area contributed by atoms with Crippen LogP contribution >= 0.6 is 11.6 Å². The minimum Gasteiger partial charge on any atom is -0.470 e. The first-order chi connectivity index (χ1) is 12.5. The van der Waals surface area contributed by atoms with Crippen LogP contribution in [0.15, 0.2) is 42.5 Å². The van der Waals surface area contributed by atoms with Gasteiger partial charge < -0.3 is 20.4 Å². The number of nitrogens with one attached hydrogen (secondary N) is 3. The molecule has 1 unspecified atom stereocenters. The van der Waals surface area contributed by atoms with Gasteiger partial charge in [0, 0.05) is 28.0 Å². The van der Waals surface area contributed by atoms with Gasteiger partial charge in [-0.25, -0.2) is 0 Å². The Morgan fingerprint density at radius 3 is 2.88 bits per heavy atom. The van der Waals surface area contributed by atoms with Crippen molar-refractivity contribution in [2.45, 2.75) is 19.6 Å². The van der Waals surface area contributed by atoms with E-state index in [9.17, 15) is 9.59 Å². The quantitative estimate of drug-likeness (QED) is 0.654. The predicted octanol–water partition coefficient (Wildman–Crippen LogP) is 3.93. The van der Waals surface area contributed by atoms with E-state index in [4.69, 9.17) is 16.3 Å². The molecular formula is C19H16ClN3O3. The number of hydrogen-bond acceptors (Lipinski definition) is 3. The van der Waals surface area contributed by atoms with Gasteiger partial charge in [-0.05, 0) is 42.5 Å². The zero-order valence-corrected chi connectivity index (χ0v) is 14.7. The Morgan fingerprint density at radius 1 is 1.23 bits per heavy atom. The van der Waals surface area contributed by atoms with Crippen LogP contribution in [0.3, 0.4) is 0 Å². The van der Waals surface area contributed by atoms with Gasteiger partial charge >= 0.3 is 0 Å². The van der Waals surface area contributed by atoms with Crippen molar-refractivity contribution >= 4 is 40.0 Å². The minimum atomic E-state index is -0.325. The molecule has 0 fully saturated rings. The summed E-state index contributed by atoms with van der Waals surface area (Å²) >= 11 is 5.97. The standard InChI is InChI=1S/C19H16ClN3O3/c1-2-17-23-18(24)13-9-12(4-6-16(13)26-17)21-19(25)15-8-10-7-11(20)3-5-14(10)22-15/h3-9,17,22H,2H2,1H3,(H,21,25)(H,23,24). The summed E-state index contributed by atoms with van der Waals surface area (Å²) in [5.74, 6) is -0.00542. The lowest BCUT2D eigenvalue weighted by atomic mass is 10.1. The summed E-state index contributed by atoms with van der Waals surface area (Å²) in [6, 6.07) is 12.1. The number of H-pyrrole nitrogens is 1. The maximum atomic E-state index is 12.5. The van der Waals surface area contributed by atoms with E-state index in [1.807, 2.05) is 13.0 Å². The largest absolute Gasteiger partial charge is 0.470 e. The number of fused-ring (bicyclic) bond motifs is 2. The Kier molecular flexibility index (Phi) is 4.05. The van der Waals surface area contributed by atoms with Crippen LogP contribution in [0.4, 0.5) is 5.69 Å². The fourth-order valence-corrected chi connectivity index (χ4v) is 3.08. The summed E-state index contributed by atoms with van der Waals surface area (Å²) in [5.41, 5.74) is 2.14. The van der Waals surface area contributed by atoms with E-state index >= 15 is 0 Å².